The first-order chi connectivity index (χ1) is 8.70. The Kier molecular flexibility index (Phi) is 5.03. The molecule has 0 amide bonds. The van der Waals surface area contributed by atoms with Crippen LogP contribution < -0.4 is 0 Å². The highest BCUT2D eigenvalue weighted by Gasteiger charge is 2.31. The van der Waals surface area contributed by atoms with E-state index in [-0.39, 0.29) is 5.92 Å². The molecule has 1 saturated carbocycles. The van der Waals surface area contributed by atoms with E-state index in [4.69, 9.17) is 0 Å². The van der Waals surface area contributed by atoms with Crippen LogP contribution in [0, 0.1) is 23.2 Å². The number of likely N-dealkylation sites (N-methyl/N-ethyl adjacent to an activating group) is 1. The van der Waals surface area contributed by atoms with Crippen LogP contribution >= 0.6 is 0 Å². The molecule has 3 unspecified atom stereocenters. The van der Waals surface area contributed by atoms with Crippen molar-refractivity contribution < 1.29 is 0 Å². The monoisotopic (exact) mass is 249 g/mol. The largest absolute Gasteiger partial charge is 0.302 e. The molecule has 0 aromatic rings. The van der Waals surface area contributed by atoms with E-state index in [9.17, 15) is 5.26 Å². The first-order valence-corrected chi connectivity index (χ1v) is 7.53. The third-order valence-electron chi connectivity index (χ3n) is 4.78. The second kappa shape index (κ2) is 6.54. The van der Waals surface area contributed by atoms with Crippen LogP contribution in [0.3, 0.4) is 0 Å². The lowest BCUT2D eigenvalue weighted by Crippen LogP contribution is -2.44. The molecule has 0 spiro atoms. The topological polar surface area (TPSA) is 30.3 Å². The maximum absolute atomic E-state index is 9.29. The second-order valence-corrected chi connectivity index (χ2v) is 6.25. The summed E-state index contributed by atoms with van der Waals surface area (Å²) in [5.41, 5.74) is 0. The van der Waals surface area contributed by atoms with Crippen molar-refractivity contribution in [2.45, 2.75) is 45.1 Å². The molecule has 3 nitrogen and oxygen atoms in total. The lowest BCUT2D eigenvalue weighted by Gasteiger charge is -2.38. The SMILES string of the molecule is CC1CCC(C#N)C(N(C)CCN2CCCC2)C1. The van der Waals surface area contributed by atoms with Crippen LogP contribution in [0.4, 0.5) is 0 Å². The third-order valence-corrected chi connectivity index (χ3v) is 4.78. The number of hydrogen-bond acceptors (Lipinski definition) is 3. The van der Waals surface area contributed by atoms with E-state index in [0.717, 1.165) is 18.9 Å². The molecule has 1 aliphatic heterocycles. The van der Waals surface area contributed by atoms with Crippen LogP contribution in [-0.4, -0.2) is 49.1 Å². The first kappa shape index (κ1) is 13.8. The number of nitriles is 1. The maximum atomic E-state index is 9.29. The molecule has 0 radical (unpaired) electrons. The Bertz CT molecular complexity index is 291. The van der Waals surface area contributed by atoms with Crippen LogP contribution in [0.15, 0.2) is 0 Å². The molecule has 0 aromatic carbocycles. The van der Waals surface area contributed by atoms with Crippen molar-refractivity contribution >= 4 is 0 Å². The van der Waals surface area contributed by atoms with Gasteiger partial charge in [-0.15, -0.1) is 0 Å². The van der Waals surface area contributed by atoms with Gasteiger partial charge in [-0.05, 0) is 58.2 Å². The lowest BCUT2D eigenvalue weighted by atomic mass is 9.79. The van der Waals surface area contributed by atoms with Crippen molar-refractivity contribution in [2.75, 3.05) is 33.2 Å². The van der Waals surface area contributed by atoms with E-state index in [2.05, 4.69) is 29.8 Å². The van der Waals surface area contributed by atoms with E-state index in [1.165, 1.54) is 45.3 Å². The number of rotatable bonds is 4. The summed E-state index contributed by atoms with van der Waals surface area (Å²) in [6.45, 7) is 7.18. The van der Waals surface area contributed by atoms with Gasteiger partial charge < -0.3 is 9.80 Å². The van der Waals surface area contributed by atoms with Gasteiger partial charge in [-0.2, -0.15) is 5.26 Å². The van der Waals surface area contributed by atoms with Crippen LogP contribution in [0.5, 0.6) is 0 Å². The maximum Gasteiger partial charge on any atom is 0.0672 e. The van der Waals surface area contributed by atoms with Gasteiger partial charge in [-0.25, -0.2) is 0 Å². The van der Waals surface area contributed by atoms with Gasteiger partial charge in [0, 0.05) is 19.1 Å². The zero-order valence-electron chi connectivity index (χ0n) is 11.9. The minimum Gasteiger partial charge on any atom is -0.302 e. The summed E-state index contributed by atoms with van der Waals surface area (Å²) in [6, 6.07) is 3.02. The Labute approximate surface area is 112 Å². The van der Waals surface area contributed by atoms with Gasteiger partial charge in [0.2, 0.25) is 0 Å². The molecule has 1 saturated heterocycles. The zero-order chi connectivity index (χ0) is 13.0. The molecule has 1 heterocycles. The normalized spacial score (nSPS) is 33.8. The minimum atomic E-state index is 0.254. The highest BCUT2D eigenvalue weighted by Crippen LogP contribution is 2.31. The quantitative estimate of drug-likeness (QED) is 0.766. The summed E-state index contributed by atoms with van der Waals surface area (Å²) >= 11 is 0. The number of likely N-dealkylation sites (tertiary alicyclic amines) is 1. The number of hydrogen-bond donors (Lipinski definition) is 0. The first-order valence-electron chi connectivity index (χ1n) is 7.53. The van der Waals surface area contributed by atoms with Gasteiger partial charge in [-0.3, -0.25) is 0 Å². The second-order valence-electron chi connectivity index (χ2n) is 6.25. The standard InChI is InChI=1S/C15H27N3/c1-13-5-6-14(12-16)15(11-13)17(2)9-10-18-7-3-4-8-18/h13-15H,3-11H2,1-2H3. The Hall–Kier alpha value is -0.590. The molecule has 3 heteroatoms. The molecule has 0 bridgehead atoms. The predicted octanol–water partition coefficient (Wildman–Crippen LogP) is 2.34. The van der Waals surface area contributed by atoms with Crippen LogP contribution in [-0.2, 0) is 0 Å². The summed E-state index contributed by atoms with van der Waals surface area (Å²) in [5.74, 6) is 1.04. The van der Waals surface area contributed by atoms with Crippen molar-refractivity contribution in [1.29, 1.82) is 5.26 Å². The fraction of sp³-hybridized carbons (Fsp3) is 0.933. The highest BCUT2D eigenvalue weighted by atomic mass is 15.2. The summed E-state index contributed by atoms with van der Waals surface area (Å²) in [4.78, 5) is 5.01. The van der Waals surface area contributed by atoms with Crippen molar-refractivity contribution in [3.05, 3.63) is 0 Å². The Morgan fingerprint density at radius 1 is 1.28 bits per heavy atom. The van der Waals surface area contributed by atoms with Gasteiger partial charge in [-0.1, -0.05) is 6.92 Å². The van der Waals surface area contributed by atoms with Crippen LogP contribution in [0.25, 0.3) is 0 Å². The predicted molar refractivity (Wildman–Crippen MR) is 74.2 cm³/mol. The Morgan fingerprint density at radius 3 is 2.67 bits per heavy atom. The highest BCUT2D eigenvalue weighted by molar-refractivity contribution is 4.96. The molecule has 2 rings (SSSR count). The van der Waals surface area contributed by atoms with Gasteiger partial charge in [0.25, 0.3) is 0 Å². The molecular formula is C15H27N3. The van der Waals surface area contributed by atoms with Crippen molar-refractivity contribution in [3.8, 4) is 6.07 Å². The molecular weight excluding hydrogens is 222 g/mol. The van der Waals surface area contributed by atoms with Gasteiger partial charge in [0.05, 0.1) is 12.0 Å². The molecule has 102 valence electrons. The lowest BCUT2D eigenvalue weighted by molar-refractivity contribution is 0.120. The average molecular weight is 249 g/mol. The summed E-state index contributed by atoms with van der Waals surface area (Å²) in [7, 11) is 2.21. The van der Waals surface area contributed by atoms with E-state index in [1.54, 1.807) is 0 Å². The fourth-order valence-corrected chi connectivity index (χ4v) is 3.46. The fourth-order valence-electron chi connectivity index (χ4n) is 3.46. The smallest absolute Gasteiger partial charge is 0.0672 e. The molecule has 2 aliphatic rings. The number of nitrogens with zero attached hydrogens (tertiary/aromatic N) is 3. The van der Waals surface area contributed by atoms with Gasteiger partial charge >= 0.3 is 0 Å². The molecule has 18 heavy (non-hydrogen) atoms. The molecule has 3 atom stereocenters. The molecule has 1 aliphatic carbocycles. The van der Waals surface area contributed by atoms with E-state index in [1.807, 2.05) is 0 Å². The van der Waals surface area contributed by atoms with Crippen LogP contribution in [0.1, 0.15) is 39.0 Å². The average Bonchev–Trinajstić information content (AvgIpc) is 2.89. The Morgan fingerprint density at radius 2 is 2.00 bits per heavy atom. The Balaban J connectivity index is 1.81. The molecule has 0 N–H and O–H groups in total. The summed E-state index contributed by atoms with van der Waals surface area (Å²) in [6.07, 6.45) is 6.26. The van der Waals surface area contributed by atoms with Gasteiger partial charge in [0.1, 0.15) is 0 Å². The van der Waals surface area contributed by atoms with Crippen molar-refractivity contribution in [2.24, 2.45) is 11.8 Å². The van der Waals surface area contributed by atoms with E-state index >= 15 is 0 Å². The third kappa shape index (κ3) is 3.46. The van der Waals surface area contributed by atoms with Crippen molar-refractivity contribution in [3.63, 3.8) is 0 Å². The summed E-state index contributed by atoms with van der Waals surface area (Å²) < 4.78 is 0. The molecule has 0 aromatic heterocycles. The van der Waals surface area contributed by atoms with Crippen LogP contribution in [0.2, 0.25) is 0 Å². The summed E-state index contributed by atoms with van der Waals surface area (Å²) in [5, 5.41) is 9.29. The van der Waals surface area contributed by atoms with E-state index in [0.29, 0.717) is 6.04 Å². The van der Waals surface area contributed by atoms with Crippen molar-refractivity contribution in [1.82, 2.24) is 9.80 Å². The minimum absolute atomic E-state index is 0.254. The molecule has 2 fully saturated rings. The van der Waals surface area contributed by atoms with Gasteiger partial charge in [0.15, 0.2) is 0 Å². The van der Waals surface area contributed by atoms with E-state index < -0.39 is 0 Å². The zero-order valence-corrected chi connectivity index (χ0v) is 11.9.